The summed E-state index contributed by atoms with van der Waals surface area (Å²) in [5.74, 6) is -2.10. The second-order valence-electron chi connectivity index (χ2n) is 5.15. The van der Waals surface area contributed by atoms with Crippen molar-refractivity contribution in [3.63, 3.8) is 0 Å². The van der Waals surface area contributed by atoms with E-state index in [1.165, 1.54) is 0 Å². The van der Waals surface area contributed by atoms with Crippen molar-refractivity contribution in [2.75, 3.05) is 13.2 Å². The Kier molecular flexibility index (Phi) is 4.09. The number of aromatic nitrogens is 3. The molecule has 0 saturated heterocycles. The molecular weight excluding hydrogens is 312 g/mol. The van der Waals surface area contributed by atoms with Crippen LogP contribution in [0.1, 0.15) is 12.8 Å². The van der Waals surface area contributed by atoms with Gasteiger partial charge >= 0.3 is 12.0 Å². The maximum absolute atomic E-state index is 13.7. The topological polar surface area (TPSA) is 86.5 Å². The first-order valence-corrected chi connectivity index (χ1v) is 6.93. The molecule has 1 fully saturated rings. The van der Waals surface area contributed by atoms with Gasteiger partial charge in [-0.25, -0.2) is 13.6 Å². The van der Waals surface area contributed by atoms with E-state index >= 15 is 0 Å². The highest BCUT2D eigenvalue weighted by Gasteiger charge is 2.23. The molecule has 0 bridgehead atoms. The first kappa shape index (κ1) is 15.2. The van der Waals surface area contributed by atoms with Crippen LogP contribution < -0.4 is 4.74 Å². The molecule has 0 unspecified atom stereocenters. The summed E-state index contributed by atoms with van der Waals surface area (Å²) in [6.07, 6.45) is 2.11. The van der Waals surface area contributed by atoms with Gasteiger partial charge in [-0.05, 0) is 30.9 Å². The van der Waals surface area contributed by atoms with Crippen molar-refractivity contribution in [3.8, 4) is 17.4 Å². The van der Waals surface area contributed by atoms with E-state index < -0.39 is 24.2 Å². The van der Waals surface area contributed by atoms with Crippen LogP contribution in [-0.4, -0.2) is 39.3 Å². The zero-order valence-corrected chi connectivity index (χ0v) is 11.9. The van der Waals surface area contributed by atoms with Crippen LogP contribution in [0.25, 0.3) is 11.4 Å². The number of benzene rings is 1. The first-order valence-electron chi connectivity index (χ1n) is 6.93. The summed E-state index contributed by atoms with van der Waals surface area (Å²) < 4.78 is 36.5. The normalized spacial score (nSPS) is 13.8. The maximum atomic E-state index is 13.7. The Labute approximate surface area is 129 Å². The average molecular weight is 325 g/mol. The van der Waals surface area contributed by atoms with Crippen molar-refractivity contribution in [1.29, 1.82) is 0 Å². The summed E-state index contributed by atoms with van der Waals surface area (Å²) in [6, 6.07) is 2.45. The molecule has 1 aromatic carbocycles. The number of hydrogen-bond donors (Lipinski definition) is 1. The van der Waals surface area contributed by atoms with E-state index in [9.17, 15) is 18.8 Å². The lowest BCUT2D eigenvalue weighted by atomic mass is 10.2. The molecule has 0 spiro atoms. The number of hydrogen-bond acceptors (Lipinski definition) is 6. The van der Waals surface area contributed by atoms with Gasteiger partial charge in [-0.3, -0.25) is 0 Å². The Morgan fingerprint density at radius 2 is 2.17 bits per heavy atom. The number of rotatable bonds is 6. The second-order valence-corrected chi connectivity index (χ2v) is 5.15. The maximum Gasteiger partial charge on any atom is 0.344 e. The first-order chi connectivity index (χ1) is 11.0. The van der Waals surface area contributed by atoms with Crippen molar-refractivity contribution in [1.82, 2.24) is 14.9 Å². The summed E-state index contributed by atoms with van der Waals surface area (Å²) in [5.41, 5.74) is -0.160. The third-order valence-electron chi connectivity index (χ3n) is 3.24. The van der Waals surface area contributed by atoms with Crippen LogP contribution in [0, 0.1) is 17.6 Å². The molecular formula is C14H13F2N3O4. The highest BCUT2D eigenvalue weighted by molar-refractivity contribution is 5.71. The smallest absolute Gasteiger partial charge is 0.344 e. The summed E-state index contributed by atoms with van der Waals surface area (Å²) in [6.45, 7) is -0.0713. The van der Waals surface area contributed by atoms with Crippen LogP contribution >= 0.6 is 0 Å². The van der Waals surface area contributed by atoms with Crippen LogP contribution in [0.2, 0.25) is 0 Å². The van der Waals surface area contributed by atoms with E-state index in [2.05, 4.69) is 10.1 Å². The predicted octanol–water partition coefficient (Wildman–Crippen LogP) is 1.79. The molecule has 1 aliphatic rings. The molecule has 9 heteroatoms. The average Bonchev–Trinajstić information content (AvgIpc) is 3.26. The van der Waals surface area contributed by atoms with Crippen molar-refractivity contribution < 1.29 is 28.3 Å². The third-order valence-corrected chi connectivity index (χ3v) is 3.24. The number of halogens is 2. The van der Waals surface area contributed by atoms with Crippen LogP contribution in [0.5, 0.6) is 6.01 Å². The van der Waals surface area contributed by atoms with Gasteiger partial charge in [-0.2, -0.15) is 4.98 Å². The standard InChI is InChI=1S/C14H13F2N3O4/c15-9-3-4-10(11(16)5-9)13-17-14(18-19(13)21)23-7-12(20)22-6-8-1-2-8/h3-5,8,21H,1-2,6-7H2. The van der Waals surface area contributed by atoms with E-state index in [1.54, 1.807) is 0 Å². The summed E-state index contributed by atoms with van der Waals surface area (Å²) in [4.78, 5) is 15.5. The van der Waals surface area contributed by atoms with Gasteiger partial charge in [-0.1, -0.05) is 9.94 Å². The monoisotopic (exact) mass is 325 g/mol. The molecule has 23 heavy (non-hydrogen) atoms. The van der Waals surface area contributed by atoms with Gasteiger partial charge in [0.15, 0.2) is 6.61 Å². The lowest BCUT2D eigenvalue weighted by molar-refractivity contribution is -0.146. The number of nitrogens with zero attached hydrogens (tertiary/aromatic N) is 3. The molecule has 0 atom stereocenters. The fourth-order valence-corrected chi connectivity index (χ4v) is 1.85. The highest BCUT2D eigenvalue weighted by Crippen LogP contribution is 2.28. The summed E-state index contributed by atoms with van der Waals surface area (Å²) >= 11 is 0. The number of esters is 1. The molecule has 0 amide bonds. The fourth-order valence-electron chi connectivity index (χ4n) is 1.85. The Morgan fingerprint density at radius 1 is 1.39 bits per heavy atom. The third kappa shape index (κ3) is 3.74. The van der Waals surface area contributed by atoms with E-state index in [0.717, 1.165) is 25.0 Å². The second kappa shape index (κ2) is 6.19. The van der Waals surface area contributed by atoms with Crippen molar-refractivity contribution in [2.24, 2.45) is 5.92 Å². The number of ether oxygens (including phenoxy) is 2. The van der Waals surface area contributed by atoms with Gasteiger partial charge in [-0.15, -0.1) is 0 Å². The summed E-state index contributed by atoms with van der Waals surface area (Å²) in [7, 11) is 0. The lowest BCUT2D eigenvalue weighted by Gasteiger charge is -2.02. The SMILES string of the molecule is O=C(COc1nc(-c2ccc(F)cc2F)n(O)n1)OCC1CC1. The minimum Gasteiger partial charge on any atom is -0.463 e. The Morgan fingerprint density at radius 3 is 2.87 bits per heavy atom. The predicted molar refractivity (Wildman–Crippen MR) is 71.7 cm³/mol. The molecule has 2 aromatic rings. The van der Waals surface area contributed by atoms with Crippen LogP contribution in [0.15, 0.2) is 18.2 Å². The Balaban J connectivity index is 1.64. The molecule has 7 nitrogen and oxygen atoms in total. The quantitative estimate of drug-likeness (QED) is 0.644. The zero-order chi connectivity index (χ0) is 16.4. The minimum atomic E-state index is -0.914. The van der Waals surface area contributed by atoms with Gasteiger partial charge < -0.3 is 14.7 Å². The van der Waals surface area contributed by atoms with Gasteiger partial charge in [0.25, 0.3) is 0 Å². The molecule has 1 N–H and O–H groups in total. The van der Waals surface area contributed by atoms with Crippen molar-refractivity contribution >= 4 is 5.97 Å². The molecule has 0 radical (unpaired) electrons. The largest absolute Gasteiger partial charge is 0.463 e. The van der Waals surface area contributed by atoms with E-state index in [0.29, 0.717) is 23.4 Å². The van der Waals surface area contributed by atoms with Gasteiger partial charge in [0, 0.05) is 6.07 Å². The molecule has 3 rings (SSSR count). The fraction of sp³-hybridized carbons (Fsp3) is 0.357. The molecule has 1 saturated carbocycles. The number of carbonyl (C=O) groups excluding carboxylic acids is 1. The van der Waals surface area contributed by atoms with Crippen LogP contribution in [0.3, 0.4) is 0 Å². The van der Waals surface area contributed by atoms with E-state index in [-0.39, 0.29) is 17.4 Å². The Bertz CT molecular complexity index is 731. The van der Waals surface area contributed by atoms with Crippen molar-refractivity contribution in [3.05, 3.63) is 29.8 Å². The Hall–Kier alpha value is -2.71. The zero-order valence-electron chi connectivity index (χ0n) is 11.9. The molecule has 1 aliphatic carbocycles. The van der Waals surface area contributed by atoms with Crippen LogP contribution in [0.4, 0.5) is 8.78 Å². The minimum absolute atomic E-state index is 0.160. The summed E-state index contributed by atoms with van der Waals surface area (Å²) in [5, 5.41) is 13.1. The van der Waals surface area contributed by atoms with Crippen molar-refractivity contribution in [2.45, 2.75) is 12.8 Å². The molecule has 122 valence electrons. The van der Waals surface area contributed by atoms with Gasteiger partial charge in [0.05, 0.1) is 12.2 Å². The van der Waals surface area contributed by atoms with Gasteiger partial charge in [0.2, 0.25) is 5.82 Å². The van der Waals surface area contributed by atoms with E-state index in [1.807, 2.05) is 0 Å². The molecule has 1 aromatic heterocycles. The van der Waals surface area contributed by atoms with Crippen LogP contribution in [-0.2, 0) is 9.53 Å². The molecule has 0 aliphatic heterocycles. The van der Waals surface area contributed by atoms with Gasteiger partial charge in [0.1, 0.15) is 11.6 Å². The number of carbonyl (C=O) groups is 1. The molecule has 1 heterocycles. The lowest BCUT2D eigenvalue weighted by Crippen LogP contribution is -2.16. The highest BCUT2D eigenvalue weighted by atomic mass is 19.1. The van der Waals surface area contributed by atoms with E-state index in [4.69, 9.17) is 9.47 Å².